The van der Waals surface area contributed by atoms with Gasteiger partial charge in [-0.3, -0.25) is 9.59 Å². The van der Waals surface area contributed by atoms with Gasteiger partial charge in [-0.15, -0.1) is 0 Å². The molecule has 1 amide bonds. The molecule has 2 unspecified atom stereocenters. The molecule has 0 aromatic rings. The molecule has 0 bridgehead atoms. The molecule has 0 heterocycles. The zero-order valence-corrected chi connectivity index (χ0v) is 11.5. The van der Waals surface area contributed by atoms with Crippen LogP contribution < -0.4 is 0 Å². The number of carboxylic acids is 1. The van der Waals surface area contributed by atoms with Gasteiger partial charge in [0.2, 0.25) is 5.91 Å². The van der Waals surface area contributed by atoms with Crippen LogP contribution in [0.1, 0.15) is 46.5 Å². The highest BCUT2D eigenvalue weighted by atomic mass is 16.4. The zero-order valence-electron chi connectivity index (χ0n) is 11.5. The summed E-state index contributed by atoms with van der Waals surface area (Å²) in [6, 6.07) is 0.384. The van der Waals surface area contributed by atoms with Gasteiger partial charge in [0.15, 0.2) is 0 Å². The Balaban J connectivity index is 2.03. The van der Waals surface area contributed by atoms with Crippen molar-refractivity contribution in [3.8, 4) is 0 Å². The van der Waals surface area contributed by atoms with Crippen LogP contribution in [-0.2, 0) is 9.59 Å². The first-order valence-corrected chi connectivity index (χ1v) is 6.94. The molecule has 2 rings (SSSR count). The lowest BCUT2D eigenvalue weighted by molar-refractivity contribution is -0.142. The van der Waals surface area contributed by atoms with E-state index >= 15 is 0 Å². The molecule has 4 heteroatoms. The van der Waals surface area contributed by atoms with Gasteiger partial charge in [0, 0.05) is 12.6 Å². The van der Waals surface area contributed by atoms with Crippen LogP contribution in [0.15, 0.2) is 0 Å². The largest absolute Gasteiger partial charge is 0.481 e. The SMILES string of the molecule is CCCCN(C(=O)C1C(C(=O)O)C1(C)C)C1CC1. The Hall–Kier alpha value is -1.06. The maximum atomic E-state index is 12.5. The molecular formula is C14H23NO3. The number of unbranched alkanes of at least 4 members (excludes halogenated alkanes) is 1. The van der Waals surface area contributed by atoms with Crippen molar-refractivity contribution in [3.05, 3.63) is 0 Å². The van der Waals surface area contributed by atoms with E-state index in [1.54, 1.807) is 0 Å². The Morgan fingerprint density at radius 2 is 1.89 bits per heavy atom. The Morgan fingerprint density at radius 3 is 2.28 bits per heavy atom. The quantitative estimate of drug-likeness (QED) is 0.789. The van der Waals surface area contributed by atoms with Gasteiger partial charge in [-0.05, 0) is 24.7 Å². The van der Waals surface area contributed by atoms with Crippen LogP contribution in [0.3, 0.4) is 0 Å². The fourth-order valence-electron chi connectivity index (χ4n) is 2.93. The molecule has 0 aromatic heterocycles. The van der Waals surface area contributed by atoms with Crippen molar-refractivity contribution in [1.29, 1.82) is 0 Å². The van der Waals surface area contributed by atoms with E-state index < -0.39 is 11.9 Å². The summed E-state index contributed by atoms with van der Waals surface area (Å²) < 4.78 is 0. The maximum absolute atomic E-state index is 12.5. The first-order valence-electron chi connectivity index (χ1n) is 6.94. The lowest BCUT2D eigenvalue weighted by Gasteiger charge is -2.23. The molecule has 2 aliphatic rings. The molecule has 2 fully saturated rings. The van der Waals surface area contributed by atoms with E-state index in [0.717, 1.165) is 32.2 Å². The third-order valence-corrected chi connectivity index (χ3v) is 4.38. The predicted octanol–water partition coefficient (Wildman–Crippen LogP) is 2.13. The minimum atomic E-state index is -0.829. The number of rotatable bonds is 6. The lowest BCUT2D eigenvalue weighted by atomic mass is 10.1. The molecule has 0 saturated heterocycles. The summed E-state index contributed by atoms with van der Waals surface area (Å²) in [7, 11) is 0. The summed E-state index contributed by atoms with van der Waals surface area (Å²) in [5.41, 5.74) is -0.373. The molecule has 0 spiro atoms. The maximum Gasteiger partial charge on any atom is 0.307 e. The van der Waals surface area contributed by atoms with Crippen molar-refractivity contribution in [1.82, 2.24) is 4.90 Å². The van der Waals surface area contributed by atoms with E-state index in [1.165, 1.54) is 0 Å². The molecule has 2 aliphatic carbocycles. The summed E-state index contributed by atoms with van der Waals surface area (Å²) in [6.45, 7) is 6.67. The van der Waals surface area contributed by atoms with Gasteiger partial charge in [0.25, 0.3) is 0 Å². The molecule has 2 saturated carbocycles. The third-order valence-electron chi connectivity index (χ3n) is 4.38. The van der Waals surface area contributed by atoms with Gasteiger partial charge in [-0.1, -0.05) is 27.2 Å². The summed E-state index contributed by atoms with van der Waals surface area (Å²) in [4.78, 5) is 25.6. The van der Waals surface area contributed by atoms with Crippen molar-refractivity contribution in [3.63, 3.8) is 0 Å². The van der Waals surface area contributed by atoms with Gasteiger partial charge in [-0.25, -0.2) is 0 Å². The Labute approximate surface area is 108 Å². The molecule has 0 aromatic carbocycles. The molecule has 0 aliphatic heterocycles. The molecule has 102 valence electrons. The Morgan fingerprint density at radius 1 is 1.28 bits per heavy atom. The first kappa shape index (κ1) is 13.4. The van der Waals surface area contributed by atoms with E-state index in [4.69, 9.17) is 5.11 Å². The average Bonchev–Trinajstić information content (AvgIpc) is 3.14. The van der Waals surface area contributed by atoms with E-state index in [9.17, 15) is 9.59 Å². The fraction of sp³-hybridized carbons (Fsp3) is 0.857. The number of amides is 1. The monoisotopic (exact) mass is 253 g/mol. The van der Waals surface area contributed by atoms with Crippen LogP contribution in [0.4, 0.5) is 0 Å². The normalized spacial score (nSPS) is 28.8. The number of carboxylic acid groups (broad SMARTS) is 1. The van der Waals surface area contributed by atoms with E-state index in [0.29, 0.717) is 6.04 Å². The van der Waals surface area contributed by atoms with Crippen molar-refractivity contribution in [2.45, 2.75) is 52.5 Å². The van der Waals surface area contributed by atoms with Crippen molar-refractivity contribution >= 4 is 11.9 Å². The van der Waals surface area contributed by atoms with Crippen molar-refractivity contribution < 1.29 is 14.7 Å². The van der Waals surface area contributed by atoms with Gasteiger partial charge >= 0.3 is 5.97 Å². The van der Waals surface area contributed by atoms with Gasteiger partial charge in [-0.2, -0.15) is 0 Å². The number of hydrogen-bond acceptors (Lipinski definition) is 2. The molecule has 18 heavy (non-hydrogen) atoms. The minimum absolute atomic E-state index is 0.0725. The highest BCUT2D eigenvalue weighted by Gasteiger charge is 2.67. The van der Waals surface area contributed by atoms with E-state index in [1.807, 2.05) is 18.7 Å². The second kappa shape index (κ2) is 4.56. The number of carbonyl (C=O) groups is 2. The van der Waals surface area contributed by atoms with Gasteiger partial charge in [0.1, 0.15) is 0 Å². The van der Waals surface area contributed by atoms with Crippen LogP contribution >= 0.6 is 0 Å². The Bertz CT molecular complexity index is 360. The highest BCUT2D eigenvalue weighted by molar-refractivity contribution is 5.92. The number of nitrogens with zero attached hydrogens (tertiary/aromatic N) is 1. The van der Waals surface area contributed by atoms with Crippen LogP contribution in [0.2, 0.25) is 0 Å². The summed E-state index contributed by atoms with van der Waals surface area (Å²) in [5, 5.41) is 9.15. The van der Waals surface area contributed by atoms with Crippen molar-refractivity contribution in [2.24, 2.45) is 17.3 Å². The minimum Gasteiger partial charge on any atom is -0.481 e. The lowest BCUT2D eigenvalue weighted by Crippen LogP contribution is -2.36. The first-order chi connectivity index (χ1) is 8.41. The number of aliphatic carboxylic acids is 1. The summed E-state index contributed by atoms with van der Waals surface area (Å²) in [6.07, 6.45) is 4.24. The average molecular weight is 253 g/mol. The molecule has 0 radical (unpaired) electrons. The van der Waals surface area contributed by atoms with Crippen LogP contribution in [0.5, 0.6) is 0 Å². The number of hydrogen-bond donors (Lipinski definition) is 1. The second-order valence-electron chi connectivity index (χ2n) is 6.23. The fourth-order valence-corrected chi connectivity index (χ4v) is 2.93. The van der Waals surface area contributed by atoms with Crippen LogP contribution in [-0.4, -0.2) is 34.5 Å². The summed E-state index contributed by atoms with van der Waals surface area (Å²) in [5.74, 6) is -1.56. The molecular weight excluding hydrogens is 230 g/mol. The second-order valence-corrected chi connectivity index (χ2v) is 6.23. The van der Waals surface area contributed by atoms with E-state index in [-0.39, 0.29) is 17.2 Å². The standard InChI is InChI=1S/C14H23NO3/c1-4-5-8-15(9-6-7-9)12(16)10-11(13(17)18)14(10,2)3/h9-11H,4-8H2,1-3H3,(H,17,18). The smallest absolute Gasteiger partial charge is 0.307 e. The van der Waals surface area contributed by atoms with Gasteiger partial charge < -0.3 is 10.0 Å². The summed E-state index contributed by atoms with van der Waals surface area (Å²) >= 11 is 0. The Kier molecular flexibility index (Phi) is 3.39. The van der Waals surface area contributed by atoms with Crippen LogP contribution in [0.25, 0.3) is 0 Å². The van der Waals surface area contributed by atoms with Crippen molar-refractivity contribution in [2.75, 3.05) is 6.54 Å². The van der Waals surface area contributed by atoms with E-state index in [2.05, 4.69) is 6.92 Å². The topological polar surface area (TPSA) is 57.6 Å². The molecule has 2 atom stereocenters. The zero-order chi connectivity index (χ0) is 13.5. The number of carbonyl (C=O) groups excluding carboxylic acids is 1. The molecule has 4 nitrogen and oxygen atoms in total. The van der Waals surface area contributed by atoms with Crippen LogP contribution in [0, 0.1) is 17.3 Å². The molecule has 1 N–H and O–H groups in total. The highest BCUT2D eigenvalue weighted by Crippen LogP contribution is 2.59. The van der Waals surface area contributed by atoms with Gasteiger partial charge in [0.05, 0.1) is 11.8 Å². The third kappa shape index (κ3) is 2.25. The predicted molar refractivity (Wildman–Crippen MR) is 68.0 cm³/mol.